The number of carboxylic acids is 1. The fraction of sp³-hybridized carbons (Fsp3) is 0.308. The molecule has 1 fully saturated rings. The summed E-state index contributed by atoms with van der Waals surface area (Å²) < 4.78 is 6.64. The first-order chi connectivity index (χ1) is 10.6. The Kier molecular flexibility index (Phi) is 3.45. The number of nitrogens with one attached hydrogen (secondary N) is 1. The zero-order valence-electron chi connectivity index (χ0n) is 11.6. The Hall–Kier alpha value is -2.97. The summed E-state index contributed by atoms with van der Waals surface area (Å²) >= 11 is 0. The number of methoxy groups -OCH3 is 1. The van der Waals surface area contributed by atoms with Gasteiger partial charge in [-0.3, -0.25) is 9.59 Å². The van der Waals surface area contributed by atoms with Crippen molar-refractivity contribution in [1.29, 1.82) is 0 Å². The molecule has 1 aliphatic carbocycles. The smallest absolute Gasteiger partial charge is 0.307 e. The van der Waals surface area contributed by atoms with Crippen LogP contribution < -0.4 is 10.1 Å². The molecule has 1 saturated carbocycles. The maximum atomic E-state index is 12.0. The highest BCUT2D eigenvalue weighted by Crippen LogP contribution is 2.39. The zero-order valence-corrected chi connectivity index (χ0v) is 11.6. The molecular formula is C13H13N5O4. The minimum atomic E-state index is -0.941. The predicted octanol–water partition coefficient (Wildman–Crippen LogP) is 0.330. The second-order valence-electron chi connectivity index (χ2n) is 4.92. The molecule has 1 heterocycles. The summed E-state index contributed by atoms with van der Waals surface area (Å²) in [5, 5.41) is 22.5. The highest BCUT2D eigenvalue weighted by molar-refractivity contribution is 5.98. The van der Waals surface area contributed by atoms with Crippen LogP contribution in [0.4, 0.5) is 5.69 Å². The molecule has 0 aliphatic heterocycles. The van der Waals surface area contributed by atoms with E-state index < -0.39 is 17.8 Å². The average Bonchev–Trinajstić information content (AvgIpc) is 3.14. The van der Waals surface area contributed by atoms with Crippen LogP contribution in [-0.2, 0) is 9.59 Å². The van der Waals surface area contributed by atoms with Crippen LogP contribution >= 0.6 is 0 Å². The van der Waals surface area contributed by atoms with Gasteiger partial charge in [-0.1, -0.05) is 0 Å². The lowest BCUT2D eigenvalue weighted by Crippen LogP contribution is -2.17. The molecule has 9 heteroatoms. The van der Waals surface area contributed by atoms with E-state index >= 15 is 0 Å². The number of hydrogen-bond acceptors (Lipinski definition) is 6. The first-order valence-electron chi connectivity index (χ1n) is 6.55. The molecule has 2 unspecified atom stereocenters. The van der Waals surface area contributed by atoms with Crippen LogP contribution in [0.2, 0.25) is 0 Å². The Labute approximate surface area is 124 Å². The van der Waals surface area contributed by atoms with Gasteiger partial charge in [0, 0.05) is 5.69 Å². The Morgan fingerprint density at radius 3 is 2.82 bits per heavy atom. The largest absolute Gasteiger partial charge is 0.494 e. The fourth-order valence-corrected chi connectivity index (χ4v) is 2.21. The van der Waals surface area contributed by atoms with E-state index in [1.54, 1.807) is 18.2 Å². The number of carbonyl (C=O) groups is 2. The lowest BCUT2D eigenvalue weighted by molar-refractivity contribution is -0.139. The van der Waals surface area contributed by atoms with E-state index in [1.165, 1.54) is 18.1 Å². The molecule has 1 aromatic heterocycles. The molecule has 2 N–H and O–H groups in total. The first kappa shape index (κ1) is 14.0. The Morgan fingerprint density at radius 2 is 2.23 bits per heavy atom. The molecule has 114 valence electrons. The molecule has 0 spiro atoms. The quantitative estimate of drug-likeness (QED) is 0.816. The summed E-state index contributed by atoms with van der Waals surface area (Å²) in [4.78, 5) is 22.8. The zero-order chi connectivity index (χ0) is 15.7. The van der Waals surface area contributed by atoms with Crippen molar-refractivity contribution in [2.75, 3.05) is 12.4 Å². The lowest BCUT2D eigenvalue weighted by atomic mass is 10.2. The van der Waals surface area contributed by atoms with Gasteiger partial charge in [0.25, 0.3) is 0 Å². The Morgan fingerprint density at radius 1 is 1.41 bits per heavy atom. The number of ether oxygens (including phenoxy) is 1. The summed E-state index contributed by atoms with van der Waals surface area (Å²) in [6.07, 6.45) is 1.78. The summed E-state index contributed by atoms with van der Waals surface area (Å²) in [7, 11) is 1.52. The molecule has 0 bridgehead atoms. The highest BCUT2D eigenvalue weighted by Gasteiger charge is 2.48. The van der Waals surface area contributed by atoms with Gasteiger partial charge >= 0.3 is 5.97 Å². The third kappa shape index (κ3) is 2.60. The monoisotopic (exact) mass is 303 g/mol. The van der Waals surface area contributed by atoms with E-state index in [0.717, 1.165) is 0 Å². The van der Waals surface area contributed by atoms with E-state index in [2.05, 4.69) is 20.8 Å². The number of tetrazole rings is 1. The number of aliphatic carboxylic acids is 1. The normalized spacial score (nSPS) is 19.5. The van der Waals surface area contributed by atoms with Gasteiger partial charge in [-0.25, -0.2) is 0 Å². The van der Waals surface area contributed by atoms with Gasteiger partial charge in [0.1, 0.15) is 17.8 Å². The van der Waals surface area contributed by atoms with Gasteiger partial charge in [0.05, 0.1) is 18.9 Å². The predicted molar refractivity (Wildman–Crippen MR) is 73.6 cm³/mol. The van der Waals surface area contributed by atoms with Crippen LogP contribution in [-0.4, -0.2) is 44.3 Å². The molecule has 2 atom stereocenters. The van der Waals surface area contributed by atoms with Crippen LogP contribution in [0.3, 0.4) is 0 Å². The lowest BCUT2D eigenvalue weighted by Gasteiger charge is -2.10. The van der Waals surface area contributed by atoms with E-state index in [-0.39, 0.29) is 5.91 Å². The number of benzene rings is 1. The van der Waals surface area contributed by atoms with Crippen molar-refractivity contribution in [2.24, 2.45) is 11.8 Å². The number of amides is 1. The van der Waals surface area contributed by atoms with Crippen LogP contribution in [0.5, 0.6) is 5.75 Å². The number of rotatable bonds is 5. The Bertz CT molecular complexity index is 715. The van der Waals surface area contributed by atoms with Crippen molar-refractivity contribution in [3.05, 3.63) is 24.5 Å². The van der Waals surface area contributed by atoms with Gasteiger partial charge < -0.3 is 15.2 Å². The van der Waals surface area contributed by atoms with Crippen molar-refractivity contribution >= 4 is 17.6 Å². The summed E-state index contributed by atoms with van der Waals surface area (Å²) in [5.41, 5.74) is 1.09. The second-order valence-corrected chi connectivity index (χ2v) is 4.92. The van der Waals surface area contributed by atoms with Crippen molar-refractivity contribution in [3.63, 3.8) is 0 Å². The molecule has 3 rings (SSSR count). The van der Waals surface area contributed by atoms with Crippen molar-refractivity contribution in [1.82, 2.24) is 20.2 Å². The summed E-state index contributed by atoms with van der Waals surface area (Å²) in [5.74, 6) is -1.77. The minimum Gasteiger partial charge on any atom is -0.494 e. The van der Waals surface area contributed by atoms with E-state index in [9.17, 15) is 9.59 Å². The average molecular weight is 303 g/mol. The molecule has 1 aromatic carbocycles. The topological polar surface area (TPSA) is 119 Å². The number of nitrogens with zero attached hydrogens (tertiary/aromatic N) is 4. The summed E-state index contributed by atoms with van der Waals surface area (Å²) in [6, 6.07) is 5.00. The SMILES string of the molecule is COc1ccc(NC(=O)C2CC2C(=O)O)cc1-n1cnnn1. The van der Waals surface area contributed by atoms with Gasteiger partial charge in [0.15, 0.2) is 0 Å². The number of carbonyl (C=O) groups excluding carboxylic acids is 1. The van der Waals surface area contributed by atoms with Crippen LogP contribution in [0.25, 0.3) is 5.69 Å². The van der Waals surface area contributed by atoms with Crippen molar-refractivity contribution in [2.45, 2.75) is 6.42 Å². The molecule has 22 heavy (non-hydrogen) atoms. The maximum absolute atomic E-state index is 12.0. The molecule has 1 aliphatic rings. The van der Waals surface area contributed by atoms with Gasteiger partial charge in [-0.15, -0.1) is 5.10 Å². The molecule has 1 amide bonds. The van der Waals surface area contributed by atoms with Gasteiger partial charge in [-0.2, -0.15) is 4.68 Å². The van der Waals surface area contributed by atoms with E-state index in [4.69, 9.17) is 9.84 Å². The van der Waals surface area contributed by atoms with E-state index in [1.807, 2.05) is 0 Å². The number of aromatic nitrogens is 4. The van der Waals surface area contributed by atoms with Crippen LogP contribution in [0.1, 0.15) is 6.42 Å². The molecule has 2 aromatic rings. The second kappa shape index (κ2) is 5.43. The summed E-state index contributed by atoms with van der Waals surface area (Å²) in [6.45, 7) is 0. The van der Waals surface area contributed by atoms with E-state index in [0.29, 0.717) is 23.5 Å². The van der Waals surface area contributed by atoms with Crippen molar-refractivity contribution in [3.8, 4) is 11.4 Å². The Balaban J connectivity index is 1.79. The maximum Gasteiger partial charge on any atom is 0.307 e. The van der Waals surface area contributed by atoms with Crippen LogP contribution in [0, 0.1) is 11.8 Å². The molecule has 0 radical (unpaired) electrons. The number of carboxylic acid groups (broad SMARTS) is 1. The number of hydrogen-bond donors (Lipinski definition) is 2. The van der Waals surface area contributed by atoms with Crippen molar-refractivity contribution < 1.29 is 19.4 Å². The third-order valence-corrected chi connectivity index (χ3v) is 3.49. The highest BCUT2D eigenvalue weighted by atomic mass is 16.5. The first-order valence-corrected chi connectivity index (χ1v) is 6.55. The molecular weight excluding hydrogens is 290 g/mol. The van der Waals surface area contributed by atoms with Crippen LogP contribution in [0.15, 0.2) is 24.5 Å². The van der Waals surface area contributed by atoms with Gasteiger partial charge in [-0.05, 0) is 35.0 Å². The molecule has 9 nitrogen and oxygen atoms in total. The third-order valence-electron chi connectivity index (χ3n) is 3.49. The minimum absolute atomic E-state index is 0.305. The fourth-order valence-electron chi connectivity index (χ4n) is 2.21. The molecule has 0 saturated heterocycles. The number of anilines is 1. The van der Waals surface area contributed by atoms with Gasteiger partial charge in [0.2, 0.25) is 5.91 Å². The standard InChI is InChI=1S/C13H13N5O4/c1-22-11-3-2-7(4-10(11)18-6-14-16-17-18)15-12(19)8-5-9(8)13(20)21/h2-4,6,8-9H,5H2,1H3,(H,15,19)(H,20,21).